The normalized spacial score (nSPS) is 19.3. The third-order valence-corrected chi connectivity index (χ3v) is 11.0. The number of hydrogen-bond donors (Lipinski definition) is 1. The van der Waals surface area contributed by atoms with Crippen molar-refractivity contribution in [3.05, 3.63) is 59.7 Å². The standard InChI is InChI=1S/C26H39N5O4S2/c1-23-3-7-25(8-4-23)36(32,33)30-19-15-28(16-20-30)13-11-27-12-14-29-17-21-31(22-18-29)37(34,35)26-9-5-24(2)6-10-26/h3-10,27H,11-22H2,1-2H3. The lowest BCUT2D eigenvalue weighted by Gasteiger charge is -2.34. The molecule has 2 aliphatic heterocycles. The van der Waals surface area contributed by atoms with Crippen LogP contribution in [0.4, 0.5) is 0 Å². The lowest BCUT2D eigenvalue weighted by Crippen LogP contribution is -2.51. The highest BCUT2D eigenvalue weighted by molar-refractivity contribution is 7.89. The van der Waals surface area contributed by atoms with Crippen molar-refractivity contribution in [2.24, 2.45) is 0 Å². The van der Waals surface area contributed by atoms with E-state index in [2.05, 4.69) is 15.1 Å². The molecule has 9 nitrogen and oxygen atoms in total. The molecule has 2 aromatic carbocycles. The van der Waals surface area contributed by atoms with Crippen molar-refractivity contribution in [2.75, 3.05) is 78.5 Å². The van der Waals surface area contributed by atoms with Crippen LogP contribution in [0.15, 0.2) is 58.3 Å². The molecule has 2 heterocycles. The maximum atomic E-state index is 12.9. The molecule has 4 rings (SSSR count). The van der Waals surface area contributed by atoms with Crippen LogP contribution in [0.5, 0.6) is 0 Å². The van der Waals surface area contributed by atoms with Crippen molar-refractivity contribution in [3.63, 3.8) is 0 Å². The van der Waals surface area contributed by atoms with Gasteiger partial charge in [0.05, 0.1) is 9.79 Å². The highest BCUT2D eigenvalue weighted by Crippen LogP contribution is 2.19. The lowest BCUT2D eigenvalue weighted by molar-refractivity contribution is 0.179. The van der Waals surface area contributed by atoms with E-state index in [-0.39, 0.29) is 0 Å². The zero-order chi connectivity index (χ0) is 26.5. The molecule has 0 unspecified atom stereocenters. The van der Waals surface area contributed by atoms with Gasteiger partial charge >= 0.3 is 0 Å². The highest BCUT2D eigenvalue weighted by Gasteiger charge is 2.29. The molecule has 11 heteroatoms. The predicted octanol–water partition coefficient (Wildman–Crippen LogP) is 1.21. The second kappa shape index (κ2) is 12.3. The van der Waals surface area contributed by atoms with E-state index in [9.17, 15) is 16.8 Å². The Hall–Kier alpha value is -1.86. The summed E-state index contributed by atoms with van der Waals surface area (Å²) in [5, 5.41) is 3.48. The number of piperazine rings is 2. The second-order valence-electron chi connectivity index (χ2n) is 9.87. The predicted molar refractivity (Wildman–Crippen MR) is 146 cm³/mol. The fourth-order valence-electron chi connectivity index (χ4n) is 4.70. The quantitative estimate of drug-likeness (QED) is 0.446. The Labute approximate surface area is 222 Å². The fourth-order valence-corrected chi connectivity index (χ4v) is 7.55. The Balaban J connectivity index is 1.11. The molecule has 1 N–H and O–H groups in total. The van der Waals surface area contributed by atoms with Crippen LogP contribution in [0, 0.1) is 13.8 Å². The molecule has 204 valence electrons. The van der Waals surface area contributed by atoms with Crippen molar-refractivity contribution < 1.29 is 16.8 Å². The van der Waals surface area contributed by atoms with Crippen LogP contribution < -0.4 is 5.32 Å². The highest BCUT2D eigenvalue weighted by atomic mass is 32.2. The fraction of sp³-hybridized carbons (Fsp3) is 0.538. The number of rotatable bonds is 10. The monoisotopic (exact) mass is 549 g/mol. The summed E-state index contributed by atoms with van der Waals surface area (Å²) >= 11 is 0. The Bertz CT molecular complexity index is 1120. The molecule has 0 amide bonds. The van der Waals surface area contributed by atoms with Crippen LogP contribution in [0.3, 0.4) is 0 Å². The van der Waals surface area contributed by atoms with E-state index in [0.29, 0.717) is 36.0 Å². The van der Waals surface area contributed by atoms with Gasteiger partial charge in [-0.25, -0.2) is 16.8 Å². The molecule has 0 atom stereocenters. The number of nitrogens with one attached hydrogen (secondary N) is 1. The van der Waals surface area contributed by atoms with Gasteiger partial charge in [-0.05, 0) is 38.1 Å². The van der Waals surface area contributed by atoms with Gasteiger partial charge < -0.3 is 5.32 Å². The Kier molecular flexibility index (Phi) is 9.38. The lowest BCUT2D eigenvalue weighted by atomic mass is 10.2. The Morgan fingerprint density at radius 3 is 1.22 bits per heavy atom. The topological polar surface area (TPSA) is 93.3 Å². The van der Waals surface area contributed by atoms with Crippen LogP contribution in [0.1, 0.15) is 11.1 Å². The molecule has 2 aliphatic rings. The van der Waals surface area contributed by atoms with E-state index in [1.54, 1.807) is 32.9 Å². The van der Waals surface area contributed by atoms with Gasteiger partial charge in [-0.3, -0.25) is 9.80 Å². The third kappa shape index (κ3) is 7.17. The number of nitrogens with zero attached hydrogens (tertiary/aromatic N) is 4. The maximum Gasteiger partial charge on any atom is 0.243 e. The SMILES string of the molecule is Cc1ccc(S(=O)(=O)N2CCN(CCNCCN3CCN(S(=O)(=O)c4ccc(C)cc4)CC3)CC2)cc1. The summed E-state index contributed by atoms with van der Waals surface area (Å²) in [4.78, 5) is 5.31. The van der Waals surface area contributed by atoms with Gasteiger partial charge in [-0.15, -0.1) is 0 Å². The molecular weight excluding hydrogens is 510 g/mol. The first kappa shape index (κ1) is 28.2. The first-order chi connectivity index (χ1) is 17.7. The van der Waals surface area contributed by atoms with Gasteiger partial charge in [0.2, 0.25) is 20.0 Å². The molecular formula is C26H39N5O4S2. The first-order valence-corrected chi connectivity index (χ1v) is 15.8. The van der Waals surface area contributed by atoms with Crippen molar-refractivity contribution in [2.45, 2.75) is 23.6 Å². The molecule has 2 saturated heterocycles. The number of hydrogen-bond acceptors (Lipinski definition) is 7. The molecule has 0 spiro atoms. The zero-order valence-corrected chi connectivity index (χ0v) is 23.5. The minimum atomic E-state index is -3.43. The summed E-state index contributed by atoms with van der Waals surface area (Å²) in [6, 6.07) is 14.1. The number of benzene rings is 2. The molecule has 0 saturated carbocycles. The van der Waals surface area contributed by atoms with Crippen LogP contribution in [0.25, 0.3) is 0 Å². The second-order valence-corrected chi connectivity index (χ2v) is 13.7. The van der Waals surface area contributed by atoms with Crippen LogP contribution in [-0.2, 0) is 20.0 Å². The average molecular weight is 550 g/mol. The summed E-state index contributed by atoms with van der Waals surface area (Å²) in [6.45, 7) is 12.3. The number of aryl methyl sites for hydroxylation is 2. The molecule has 37 heavy (non-hydrogen) atoms. The van der Waals surface area contributed by atoms with Gasteiger partial charge in [-0.2, -0.15) is 8.61 Å². The average Bonchev–Trinajstić information content (AvgIpc) is 2.89. The van der Waals surface area contributed by atoms with Crippen molar-refractivity contribution in [3.8, 4) is 0 Å². The molecule has 2 aromatic rings. The van der Waals surface area contributed by atoms with E-state index in [4.69, 9.17) is 0 Å². The third-order valence-electron chi connectivity index (χ3n) is 7.19. The van der Waals surface area contributed by atoms with Crippen LogP contribution >= 0.6 is 0 Å². The largest absolute Gasteiger partial charge is 0.314 e. The summed E-state index contributed by atoms with van der Waals surface area (Å²) < 4.78 is 54.6. The van der Waals surface area contributed by atoms with E-state index in [1.807, 2.05) is 38.1 Å². The van der Waals surface area contributed by atoms with Gasteiger partial charge in [0.25, 0.3) is 0 Å². The van der Waals surface area contributed by atoms with E-state index in [0.717, 1.165) is 63.5 Å². The number of sulfonamides is 2. The van der Waals surface area contributed by atoms with Crippen LogP contribution in [0.2, 0.25) is 0 Å². The smallest absolute Gasteiger partial charge is 0.243 e. The van der Waals surface area contributed by atoms with Gasteiger partial charge in [-0.1, -0.05) is 35.4 Å². The summed E-state index contributed by atoms with van der Waals surface area (Å²) in [6.07, 6.45) is 0. The van der Waals surface area contributed by atoms with Crippen molar-refractivity contribution in [1.29, 1.82) is 0 Å². The minimum Gasteiger partial charge on any atom is -0.314 e. The summed E-state index contributed by atoms with van der Waals surface area (Å²) in [5.41, 5.74) is 2.09. The summed E-state index contributed by atoms with van der Waals surface area (Å²) in [5.74, 6) is 0. The molecule has 0 radical (unpaired) electrons. The van der Waals surface area contributed by atoms with E-state index in [1.165, 1.54) is 0 Å². The summed E-state index contributed by atoms with van der Waals surface area (Å²) in [7, 11) is -6.86. The molecule has 0 bridgehead atoms. The van der Waals surface area contributed by atoms with Gasteiger partial charge in [0.15, 0.2) is 0 Å². The maximum absolute atomic E-state index is 12.9. The van der Waals surface area contributed by atoms with Gasteiger partial charge in [0, 0.05) is 78.5 Å². The van der Waals surface area contributed by atoms with Crippen LogP contribution in [-0.4, -0.2) is 114 Å². The molecule has 0 aliphatic carbocycles. The van der Waals surface area contributed by atoms with Crippen molar-refractivity contribution in [1.82, 2.24) is 23.7 Å². The van der Waals surface area contributed by atoms with Crippen molar-refractivity contribution >= 4 is 20.0 Å². The first-order valence-electron chi connectivity index (χ1n) is 13.0. The zero-order valence-electron chi connectivity index (χ0n) is 21.8. The minimum absolute atomic E-state index is 0.363. The van der Waals surface area contributed by atoms with E-state index < -0.39 is 20.0 Å². The van der Waals surface area contributed by atoms with Gasteiger partial charge in [0.1, 0.15) is 0 Å². The van der Waals surface area contributed by atoms with E-state index >= 15 is 0 Å². The Morgan fingerprint density at radius 2 is 0.892 bits per heavy atom. The molecule has 0 aromatic heterocycles. The Morgan fingerprint density at radius 1 is 0.568 bits per heavy atom. The molecule has 2 fully saturated rings.